The van der Waals surface area contributed by atoms with Gasteiger partial charge in [0, 0.05) is 24.2 Å². The molecule has 0 fully saturated rings. The molecular formula is C16H17NO2. The molecule has 98 valence electrons. The molecule has 0 aliphatic rings. The highest BCUT2D eigenvalue weighted by atomic mass is 16.3. The smallest absolute Gasteiger partial charge is 0.193 e. The Balaban J connectivity index is 2.22. The molecule has 2 aromatic carbocycles. The van der Waals surface area contributed by atoms with Gasteiger partial charge in [-0.25, -0.2) is 0 Å². The molecule has 0 bridgehead atoms. The van der Waals surface area contributed by atoms with Gasteiger partial charge >= 0.3 is 0 Å². The first kappa shape index (κ1) is 13.5. The van der Waals surface area contributed by atoms with Crippen LogP contribution in [0.2, 0.25) is 0 Å². The molecule has 0 amide bonds. The quantitative estimate of drug-likeness (QED) is 0.613. The van der Waals surface area contributed by atoms with Gasteiger partial charge in [0.05, 0.1) is 6.61 Å². The minimum absolute atomic E-state index is 0.0296. The molecule has 2 N–H and O–H groups in total. The molecular weight excluding hydrogens is 238 g/mol. The molecule has 0 aliphatic heterocycles. The number of aliphatic hydroxyl groups is 1. The van der Waals surface area contributed by atoms with Crippen molar-refractivity contribution in [3.63, 3.8) is 0 Å². The normalized spacial score (nSPS) is 10.4. The van der Waals surface area contributed by atoms with Gasteiger partial charge in [0.15, 0.2) is 5.78 Å². The van der Waals surface area contributed by atoms with Crippen LogP contribution in [0, 0.1) is 0 Å². The van der Waals surface area contributed by atoms with E-state index in [9.17, 15) is 4.79 Å². The Morgan fingerprint density at radius 1 is 1.00 bits per heavy atom. The van der Waals surface area contributed by atoms with E-state index in [0.29, 0.717) is 24.2 Å². The van der Waals surface area contributed by atoms with Crippen molar-refractivity contribution < 1.29 is 9.90 Å². The van der Waals surface area contributed by atoms with Crippen molar-refractivity contribution in [3.05, 3.63) is 71.3 Å². The van der Waals surface area contributed by atoms with E-state index in [1.54, 1.807) is 0 Å². The number of nitrogens with one attached hydrogen (secondary N) is 1. The molecule has 0 atom stereocenters. The summed E-state index contributed by atoms with van der Waals surface area (Å²) in [5.74, 6) is 0.0296. The van der Waals surface area contributed by atoms with Gasteiger partial charge in [-0.05, 0) is 5.56 Å². The highest BCUT2D eigenvalue weighted by molar-refractivity contribution is 6.09. The van der Waals surface area contributed by atoms with Crippen LogP contribution in [0.15, 0.2) is 54.6 Å². The minimum atomic E-state index is 0.0296. The summed E-state index contributed by atoms with van der Waals surface area (Å²) in [7, 11) is 0. The average Bonchev–Trinajstić information content (AvgIpc) is 2.48. The van der Waals surface area contributed by atoms with Crippen LogP contribution >= 0.6 is 0 Å². The van der Waals surface area contributed by atoms with Crippen molar-refractivity contribution in [2.45, 2.75) is 6.54 Å². The third kappa shape index (κ3) is 3.50. The Bertz CT molecular complexity index is 537. The summed E-state index contributed by atoms with van der Waals surface area (Å²) in [4.78, 5) is 12.4. The Morgan fingerprint density at radius 2 is 1.68 bits per heavy atom. The molecule has 0 aliphatic carbocycles. The van der Waals surface area contributed by atoms with Crippen LogP contribution in [0.1, 0.15) is 21.5 Å². The summed E-state index contributed by atoms with van der Waals surface area (Å²) in [6.45, 7) is 1.19. The number of rotatable bonds is 6. The van der Waals surface area contributed by atoms with Crippen molar-refractivity contribution >= 4 is 5.78 Å². The largest absolute Gasteiger partial charge is 0.395 e. The van der Waals surface area contributed by atoms with Gasteiger partial charge in [-0.3, -0.25) is 4.79 Å². The molecule has 0 saturated heterocycles. The lowest BCUT2D eigenvalue weighted by atomic mass is 9.98. The first-order valence-corrected chi connectivity index (χ1v) is 6.32. The molecule has 3 nitrogen and oxygen atoms in total. The molecule has 0 radical (unpaired) electrons. The SMILES string of the molecule is O=C(c1ccccc1)c1ccccc1CNCCO. The average molecular weight is 255 g/mol. The number of hydrogen-bond acceptors (Lipinski definition) is 3. The lowest BCUT2D eigenvalue weighted by molar-refractivity contribution is 0.103. The van der Waals surface area contributed by atoms with Crippen molar-refractivity contribution in [2.75, 3.05) is 13.2 Å². The fourth-order valence-electron chi connectivity index (χ4n) is 1.94. The number of hydrogen-bond donors (Lipinski definition) is 2. The second-order valence-corrected chi connectivity index (χ2v) is 4.25. The monoisotopic (exact) mass is 255 g/mol. The fraction of sp³-hybridized carbons (Fsp3) is 0.188. The number of carbonyl (C=O) groups excluding carboxylic acids is 1. The Morgan fingerprint density at radius 3 is 2.42 bits per heavy atom. The topological polar surface area (TPSA) is 49.3 Å². The predicted molar refractivity (Wildman–Crippen MR) is 75.1 cm³/mol. The van der Waals surface area contributed by atoms with Crippen LogP contribution in [-0.4, -0.2) is 24.0 Å². The van der Waals surface area contributed by atoms with Crippen LogP contribution in [0.5, 0.6) is 0 Å². The summed E-state index contributed by atoms with van der Waals surface area (Å²) in [6.07, 6.45) is 0. The lowest BCUT2D eigenvalue weighted by Gasteiger charge is -2.09. The summed E-state index contributed by atoms with van der Waals surface area (Å²) < 4.78 is 0. The third-order valence-corrected chi connectivity index (χ3v) is 2.90. The van der Waals surface area contributed by atoms with Crippen LogP contribution < -0.4 is 5.32 Å². The number of aliphatic hydroxyl groups excluding tert-OH is 1. The second-order valence-electron chi connectivity index (χ2n) is 4.25. The Hall–Kier alpha value is -1.97. The van der Waals surface area contributed by atoms with E-state index in [4.69, 9.17) is 5.11 Å². The van der Waals surface area contributed by atoms with Gasteiger partial charge in [0.1, 0.15) is 0 Å². The molecule has 3 heteroatoms. The maximum Gasteiger partial charge on any atom is 0.193 e. The predicted octanol–water partition coefficient (Wildman–Crippen LogP) is 2.00. The number of carbonyl (C=O) groups is 1. The summed E-state index contributed by atoms with van der Waals surface area (Å²) in [5, 5.41) is 11.9. The van der Waals surface area contributed by atoms with Crippen molar-refractivity contribution in [3.8, 4) is 0 Å². The summed E-state index contributed by atoms with van der Waals surface area (Å²) >= 11 is 0. The van der Waals surface area contributed by atoms with Gasteiger partial charge in [-0.2, -0.15) is 0 Å². The number of ketones is 1. The highest BCUT2D eigenvalue weighted by Gasteiger charge is 2.12. The van der Waals surface area contributed by atoms with Gasteiger partial charge in [0.2, 0.25) is 0 Å². The summed E-state index contributed by atoms with van der Waals surface area (Å²) in [6, 6.07) is 16.8. The lowest BCUT2D eigenvalue weighted by Crippen LogP contribution is -2.19. The maximum absolute atomic E-state index is 12.4. The zero-order valence-corrected chi connectivity index (χ0v) is 10.7. The van der Waals surface area contributed by atoms with Crippen molar-refractivity contribution in [2.24, 2.45) is 0 Å². The van der Waals surface area contributed by atoms with E-state index in [1.165, 1.54) is 0 Å². The van der Waals surface area contributed by atoms with E-state index < -0.39 is 0 Å². The van der Waals surface area contributed by atoms with Crippen LogP contribution in [-0.2, 0) is 6.54 Å². The standard InChI is InChI=1S/C16H17NO2/c18-11-10-17-12-14-8-4-5-9-15(14)16(19)13-6-2-1-3-7-13/h1-9,17-18H,10-12H2. The maximum atomic E-state index is 12.4. The van der Waals surface area contributed by atoms with Gasteiger partial charge in [-0.1, -0.05) is 54.6 Å². The Kier molecular flexibility index (Phi) is 4.84. The second kappa shape index (κ2) is 6.83. The van der Waals surface area contributed by atoms with E-state index in [-0.39, 0.29) is 12.4 Å². The van der Waals surface area contributed by atoms with Crippen molar-refractivity contribution in [1.82, 2.24) is 5.32 Å². The minimum Gasteiger partial charge on any atom is -0.395 e. The van der Waals surface area contributed by atoms with E-state index in [1.807, 2.05) is 54.6 Å². The molecule has 2 rings (SSSR count). The van der Waals surface area contributed by atoms with Crippen LogP contribution in [0.3, 0.4) is 0 Å². The first-order chi connectivity index (χ1) is 9.33. The van der Waals surface area contributed by atoms with E-state index >= 15 is 0 Å². The van der Waals surface area contributed by atoms with Gasteiger partial charge in [-0.15, -0.1) is 0 Å². The molecule has 0 saturated carbocycles. The highest BCUT2D eigenvalue weighted by Crippen LogP contribution is 2.14. The van der Waals surface area contributed by atoms with E-state index in [2.05, 4.69) is 5.32 Å². The molecule has 0 aromatic heterocycles. The fourth-order valence-corrected chi connectivity index (χ4v) is 1.94. The van der Waals surface area contributed by atoms with Crippen LogP contribution in [0.25, 0.3) is 0 Å². The number of benzene rings is 2. The van der Waals surface area contributed by atoms with Crippen LogP contribution in [0.4, 0.5) is 0 Å². The molecule has 2 aromatic rings. The zero-order chi connectivity index (χ0) is 13.5. The van der Waals surface area contributed by atoms with E-state index in [0.717, 1.165) is 5.56 Å². The molecule has 0 spiro atoms. The first-order valence-electron chi connectivity index (χ1n) is 6.32. The molecule has 0 unspecified atom stereocenters. The van der Waals surface area contributed by atoms with Gasteiger partial charge in [0.25, 0.3) is 0 Å². The third-order valence-electron chi connectivity index (χ3n) is 2.90. The Labute approximate surface area is 112 Å². The zero-order valence-electron chi connectivity index (χ0n) is 10.7. The molecule has 19 heavy (non-hydrogen) atoms. The summed E-state index contributed by atoms with van der Waals surface area (Å²) in [5.41, 5.74) is 2.35. The van der Waals surface area contributed by atoms with Crippen molar-refractivity contribution in [1.29, 1.82) is 0 Å². The van der Waals surface area contributed by atoms with Gasteiger partial charge < -0.3 is 10.4 Å². The molecule has 0 heterocycles.